The molecule has 8 heteroatoms. The average Bonchev–Trinajstić information content (AvgIpc) is 2.54. The molecule has 0 aliphatic carbocycles. The molecule has 142 valence electrons. The van der Waals surface area contributed by atoms with Crippen molar-refractivity contribution in [3.05, 3.63) is 69.2 Å². The summed E-state index contributed by atoms with van der Waals surface area (Å²) in [5, 5.41) is 14.5. The molecule has 2 aromatic rings. The van der Waals surface area contributed by atoms with Crippen LogP contribution in [-0.2, 0) is 17.1 Å². The fraction of sp³-hybridized carbons (Fsp3) is 0.333. The highest BCUT2D eigenvalue weighted by atomic mass is 35.5. The molecule has 0 aliphatic rings. The lowest BCUT2D eigenvalue weighted by Crippen LogP contribution is -2.30. The van der Waals surface area contributed by atoms with Crippen molar-refractivity contribution in [3.63, 3.8) is 0 Å². The van der Waals surface area contributed by atoms with E-state index < -0.39 is 13.7 Å². The van der Waals surface area contributed by atoms with Crippen LogP contribution in [0.5, 0.6) is 0 Å². The molecule has 0 saturated heterocycles. The Hall–Kier alpha value is -0.910. The fourth-order valence-corrected chi connectivity index (χ4v) is 3.63. The van der Waals surface area contributed by atoms with Gasteiger partial charge >= 0.3 is 7.60 Å². The second-order valence-corrected chi connectivity index (χ2v) is 8.76. The number of aliphatic hydroxyl groups is 1. The molecule has 2 aromatic carbocycles. The van der Waals surface area contributed by atoms with Gasteiger partial charge in [-0.25, -0.2) is 0 Å². The van der Waals surface area contributed by atoms with Crippen molar-refractivity contribution in [3.8, 4) is 0 Å². The van der Waals surface area contributed by atoms with Crippen LogP contribution in [0, 0.1) is 0 Å². The zero-order valence-electron chi connectivity index (χ0n) is 14.3. The van der Waals surface area contributed by atoms with Gasteiger partial charge in [0.05, 0.1) is 22.3 Å². The third-order valence-corrected chi connectivity index (χ3v) is 5.47. The second kappa shape index (κ2) is 9.34. The molecular formula is C18H22Cl2NO4P. The highest BCUT2D eigenvalue weighted by molar-refractivity contribution is 7.50. The predicted octanol–water partition coefficient (Wildman–Crippen LogP) is 3.93. The first-order valence-electron chi connectivity index (χ1n) is 8.13. The first-order valence-corrected chi connectivity index (χ1v) is 10.7. The van der Waals surface area contributed by atoms with Crippen LogP contribution in [0.1, 0.15) is 29.7 Å². The van der Waals surface area contributed by atoms with Gasteiger partial charge < -0.3 is 20.2 Å². The Morgan fingerprint density at radius 3 is 2.42 bits per heavy atom. The van der Waals surface area contributed by atoms with E-state index in [4.69, 9.17) is 33.0 Å². The number of rotatable bonds is 8. The van der Waals surface area contributed by atoms with Crippen molar-refractivity contribution in [2.75, 3.05) is 6.54 Å². The lowest BCUT2D eigenvalue weighted by molar-refractivity contribution is 0.168. The van der Waals surface area contributed by atoms with Crippen molar-refractivity contribution in [1.82, 2.24) is 5.32 Å². The third-order valence-electron chi connectivity index (χ3n) is 3.95. The van der Waals surface area contributed by atoms with Gasteiger partial charge in [0.25, 0.3) is 0 Å². The van der Waals surface area contributed by atoms with Crippen LogP contribution in [0.25, 0.3) is 0 Å². The van der Waals surface area contributed by atoms with E-state index >= 15 is 0 Å². The van der Waals surface area contributed by atoms with Crippen LogP contribution in [0.3, 0.4) is 0 Å². The van der Waals surface area contributed by atoms with E-state index in [1.54, 1.807) is 30.3 Å². The van der Waals surface area contributed by atoms with E-state index in [0.717, 1.165) is 11.1 Å². The summed E-state index contributed by atoms with van der Waals surface area (Å²) in [5.41, 5.74) is 2.35. The lowest BCUT2D eigenvalue weighted by atomic mass is 10.0. The Labute approximate surface area is 163 Å². The zero-order chi connectivity index (χ0) is 19.3. The summed E-state index contributed by atoms with van der Waals surface area (Å²) in [7, 11) is -4.10. The molecule has 2 rings (SSSR count). The predicted molar refractivity (Wildman–Crippen MR) is 105 cm³/mol. The summed E-state index contributed by atoms with van der Waals surface area (Å²) < 4.78 is 11.1. The van der Waals surface area contributed by atoms with E-state index in [9.17, 15) is 9.67 Å². The van der Waals surface area contributed by atoms with Gasteiger partial charge in [0.1, 0.15) is 0 Å². The first-order chi connectivity index (χ1) is 12.1. The molecule has 5 nitrogen and oxygen atoms in total. The molecule has 4 N–H and O–H groups in total. The summed E-state index contributed by atoms with van der Waals surface area (Å²) in [6.45, 7) is 2.33. The minimum atomic E-state index is -4.10. The van der Waals surface area contributed by atoms with E-state index in [1.165, 1.54) is 0 Å². The quantitative estimate of drug-likeness (QED) is 0.488. The Balaban J connectivity index is 1.90. The van der Waals surface area contributed by atoms with Gasteiger partial charge in [-0.3, -0.25) is 4.57 Å². The van der Waals surface area contributed by atoms with Crippen LogP contribution in [-0.4, -0.2) is 27.5 Å². The number of halogens is 2. The standard InChI is InChI=1S/C18H22Cl2NO4P/c1-12(15-5-6-17(19)18(20)9-15)21-10-16(22)8-13-3-2-4-14(7-13)11-26(23,24)25/h2-7,9,12,16,21-22H,8,10-11H2,1H3,(H2,23,24,25)/t12-,16-/m0/s1. The van der Waals surface area contributed by atoms with Crippen molar-refractivity contribution in [1.29, 1.82) is 0 Å². The van der Waals surface area contributed by atoms with Crippen molar-refractivity contribution < 1.29 is 19.5 Å². The lowest BCUT2D eigenvalue weighted by Gasteiger charge is -2.18. The molecule has 0 fully saturated rings. The third kappa shape index (κ3) is 7.01. The molecular weight excluding hydrogens is 396 g/mol. The minimum absolute atomic E-state index is 0.0135. The zero-order valence-corrected chi connectivity index (χ0v) is 16.7. The van der Waals surface area contributed by atoms with E-state index in [2.05, 4.69) is 5.32 Å². The van der Waals surface area contributed by atoms with Gasteiger partial charge in [-0.05, 0) is 42.2 Å². The van der Waals surface area contributed by atoms with E-state index in [0.29, 0.717) is 28.6 Å². The van der Waals surface area contributed by atoms with Crippen molar-refractivity contribution in [2.24, 2.45) is 0 Å². The highest BCUT2D eigenvalue weighted by Crippen LogP contribution is 2.39. The van der Waals surface area contributed by atoms with Gasteiger partial charge in [0.2, 0.25) is 0 Å². The Morgan fingerprint density at radius 1 is 1.08 bits per heavy atom. The number of nitrogens with one attached hydrogen (secondary N) is 1. The van der Waals surface area contributed by atoms with Gasteiger partial charge in [-0.1, -0.05) is 53.5 Å². The maximum Gasteiger partial charge on any atom is 0.329 e. The molecule has 0 heterocycles. The van der Waals surface area contributed by atoms with Gasteiger partial charge in [0, 0.05) is 12.6 Å². The Bertz CT molecular complexity index is 797. The average molecular weight is 418 g/mol. The molecule has 0 aliphatic heterocycles. The number of benzene rings is 2. The molecule has 0 saturated carbocycles. The molecule has 0 unspecified atom stereocenters. The van der Waals surface area contributed by atoms with E-state index in [-0.39, 0.29) is 12.2 Å². The smallest absolute Gasteiger partial charge is 0.329 e. The molecule has 0 bridgehead atoms. The summed E-state index contributed by atoms with van der Waals surface area (Å²) in [4.78, 5) is 18.1. The second-order valence-electron chi connectivity index (χ2n) is 6.30. The van der Waals surface area contributed by atoms with Crippen molar-refractivity contribution in [2.45, 2.75) is 31.7 Å². The van der Waals surface area contributed by atoms with Crippen LogP contribution < -0.4 is 5.32 Å². The monoisotopic (exact) mass is 417 g/mol. The van der Waals surface area contributed by atoms with Gasteiger partial charge in [-0.2, -0.15) is 0 Å². The SMILES string of the molecule is C[C@H](NC[C@@H](O)Cc1cccc(CP(=O)(O)O)c1)c1ccc(Cl)c(Cl)c1. The molecule has 0 spiro atoms. The molecule has 2 atom stereocenters. The largest absolute Gasteiger partial charge is 0.391 e. The summed E-state index contributed by atoms with van der Waals surface area (Å²) in [6, 6.07) is 12.3. The number of hydrogen-bond acceptors (Lipinski definition) is 3. The van der Waals surface area contributed by atoms with Gasteiger partial charge in [-0.15, -0.1) is 0 Å². The normalized spacial score (nSPS) is 14.2. The molecule has 26 heavy (non-hydrogen) atoms. The van der Waals surface area contributed by atoms with Crippen LogP contribution in [0.15, 0.2) is 42.5 Å². The van der Waals surface area contributed by atoms with Crippen LogP contribution >= 0.6 is 30.8 Å². The molecule has 0 aromatic heterocycles. The Morgan fingerprint density at radius 2 is 1.77 bits per heavy atom. The maximum absolute atomic E-state index is 11.1. The summed E-state index contributed by atoms with van der Waals surface area (Å²) >= 11 is 11.9. The fourth-order valence-electron chi connectivity index (χ4n) is 2.65. The summed E-state index contributed by atoms with van der Waals surface area (Å²) in [5.74, 6) is 0. The Kier molecular flexibility index (Phi) is 7.68. The number of aliphatic hydroxyl groups excluding tert-OH is 1. The maximum atomic E-state index is 11.1. The summed E-state index contributed by atoms with van der Waals surface area (Å²) in [6.07, 6.45) is -0.551. The van der Waals surface area contributed by atoms with Crippen LogP contribution in [0.2, 0.25) is 10.0 Å². The van der Waals surface area contributed by atoms with E-state index in [1.807, 2.05) is 19.1 Å². The van der Waals surface area contributed by atoms with Crippen LogP contribution in [0.4, 0.5) is 0 Å². The van der Waals surface area contributed by atoms with Gasteiger partial charge in [0.15, 0.2) is 0 Å². The molecule has 0 radical (unpaired) electrons. The topological polar surface area (TPSA) is 89.8 Å². The van der Waals surface area contributed by atoms with Crippen molar-refractivity contribution >= 4 is 30.8 Å². The molecule has 0 amide bonds. The first kappa shape index (κ1) is 21.4. The minimum Gasteiger partial charge on any atom is -0.391 e. The highest BCUT2D eigenvalue weighted by Gasteiger charge is 2.15. The number of hydrogen-bond donors (Lipinski definition) is 4.